The lowest BCUT2D eigenvalue weighted by atomic mass is 10.3. The summed E-state index contributed by atoms with van der Waals surface area (Å²) < 4.78 is 56.2. The Hall–Kier alpha value is -1.75. The zero-order valence-electron chi connectivity index (χ0n) is 10.5. The maximum atomic E-state index is 12.2. The number of benzene rings is 1. The van der Waals surface area contributed by atoms with E-state index in [4.69, 9.17) is 0 Å². The SMILES string of the molecule is Cn1nnc(Br)c1S(=O)(=O)Nc1cccc(OC(F)F)c1. The van der Waals surface area contributed by atoms with Gasteiger partial charge in [-0.2, -0.15) is 17.2 Å². The van der Waals surface area contributed by atoms with E-state index >= 15 is 0 Å². The molecule has 0 aliphatic heterocycles. The summed E-state index contributed by atoms with van der Waals surface area (Å²) in [5.41, 5.74) is 0.0706. The molecule has 1 heterocycles. The van der Waals surface area contributed by atoms with Crippen LogP contribution in [0.1, 0.15) is 0 Å². The van der Waals surface area contributed by atoms with Crippen molar-refractivity contribution < 1.29 is 21.9 Å². The molecule has 0 aliphatic rings. The van der Waals surface area contributed by atoms with E-state index in [9.17, 15) is 17.2 Å². The number of sulfonamides is 1. The third-order valence-electron chi connectivity index (χ3n) is 2.30. The number of ether oxygens (including phenoxy) is 1. The van der Waals surface area contributed by atoms with Crippen LogP contribution in [0.15, 0.2) is 33.9 Å². The normalized spacial score (nSPS) is 11.7. The molecule has 0 atom stereocenters. The first-order valence-corrected chi connectivity index (χ1v) is 7.70. The number of hydrogen-bond donors (Lipinski definition) is 1. The molecule has 114 valence electrons. The van der Waals surface area contributed by atoms with E-state index in [0.29, 0.717) is 0 Å². The number of nitrogens with zero attached hydrogens (tertiary/aromatic N) is 3. The highest BCUT2D eigenvalue weighted by molar-refractivity contribution is 9.10. The Kier molecular flexibility index (Phi) is 4.42. The highest BCUT2D eigenvalue weighted by Gasteiger charge is 2.24. The van der Waals surface area contributed by atoms with Gasteiger partial charge in [0.25, 0.3) is 10.0 Å². The molecule has 2 aromatic rings. The summed E-state index contributed by atoms with van der Waals surface area (Å²) >= 11 is 2.98. The van der Waals surface area contributed by atoms with Crippen molar-refractivity contribution in [1.82, 2.24) is 15.0 Å². The van der Waals surface area contributed by atoms with E-state index < -0.39 is 16.6 Å². The number of hydrogen-bond acceptors (Lipinski definition) is 5. The topological polar surface area (TPSA) is 86.1 Å². The lowest BCUT2D eigenvalue weighted by molar-refractivity contribution is -0.0497. The molecule has 1 N–H and O–H groups in total. The summed E-state index contributed by atoms with van der Waals surface area (Å²) in [6.45, 7) is -2.99. The van der Waals surface area contributed by atoms with Crippen molar-refractivity contribution in [3.8, 4) is 5.75 Å². The highest BCUT2D eigenvalue weighted by atomic mass is 79.9. The van der Waals surface area contributed by atoms with Crippen LogP contribution in [0.25, 0.3) is 0 Å². The molecule has 0 radical (unpaired) electrons. The summed E-state index contributed by atoms with van der Waals surface area (Å²) in [5, 5.41) is 6.93. The summed E-state index contributed by atoms with van der Waals surface area (Å²) in [6, 6.07) is 5.20. The molecule has 11 heteroatoms. The number of aromatic nitrogens is 3. The molecule has 0 saturated carbocycles. The quantitative estimate of drug-likeness (QED) is 0.854. The first-order valence-electron chi connectivity index (χ1n) is 5.42. The molecule has 0 aliphatic carbocycles. The van der Waals surface area contributed by atoms with Gasteiger partial charge in [-0.1, -0.05) is 11.3 Å². The van der Waals surface area contributed by atoms with Gasteiger partial charge in [0.2, 0.25) is 5.03 Å². The van der Waals surface area contributed by atoms with Crippen LogP contribution in [0, 0.1) is 0 Å². The van der Waals surface area contributed by atoms with E-state index in [0.717, 1.165) is 10.7 Å². The Labute approximate surface area is 127 Å². The smallest absolute Gasteiger partial charge is 0.387 e. The van der Waals surface area contributed by atoms with Crippen molar-refractivity contribution >= 4 is 31.6 Å². The molecule has 0 saturated heterocycles. The van der Waals surface area contributed by atoms with Gasteiger partial charge in [0.1, 0.15) is 5.75 Å². The largest absolute Gasteiger partial charge is 0.435 e. The third kappa shape index (κ3) is 3.67. The van der Waals surface area contributed by atoms with E-state index in [1.165, 1.54) is 25.2 Å². The number of halogens is 3. The zero-order valence-corrected chi connectivity index (χ0v) is 12.9. The number of nitrogens with one attached hydrogen (secondary N) is 1. The first kappa shape index (κ1) is 15.6. The maximum absolute atomic E-state index is 12.2. The second-order valence-electron chi connectivity index (χ2n) is 3.82. The Morgan fingerprint density at radius 2 is 2.14 bits per heavy atom. The number of rotatable bonds is 5. The number of aryl methyl sites for hydroxylation is 1. The molecule has 1 aromatic heterocycles. The highest BCUT2D eigenvalue weighted by Crippen LogP contribution is 2.24. The van der Waals surface area contributed by atoms with Crippen molar-refractivity contribution in [2.75, 3.05) is 4.72 Å². The van der Waals surface area contributed by atoms with Crippen LogP contribution in [-0.4, -0.2) is 30.0 Å². The van der Waals surface area contributed by atoms with E-state index in [-0.39, 0.29) is 21.1 Å². The van der Waals surface area contributed by atoms with Gasteiger partial charge in [-0.25, -0.2) is 4.68 Å². The van der Waals surface area contributed by atoms with Gasteiger partial charge in [-0.15, -0.1) is 5.10 Å². The first-order chi connectivity index (χ1) is 9.79. The molecule has 7 nitrogen and oxygen atoms in total. The van der Waals surface area contributed by atoms with Crippen LogP contribution < -0.4 is 9.46 Å². The predicted octanol–water partition coefficient (Wildman–Crippen LogP) is 1.98. The molecule has 2 rings (SSSR count). The van der Waals surface area contributed by atoms with Crippen LogP contribution in [0.4, 0.5) is 14.5 Å². The van der Waals surface area contributed by atoms with Crippen LogP contribution >= 0.6 is 15.9 Å². The number of anilines is 1. The lowest BCUT2D eigenvalue weighted by Gasteiger charge is -2.10. The predicted molar refractivity (Wildman–Crippen MR) is 72.6 cm³/mol. The Morgan fingerprint density at radius 1 is 1.43 bits per heavy atom. The molecule has 0 fully saturated rings. The van der Waals surface area contributed by atoms with Crippen LogP contribution in [-0.2, 0) is 17.1 Å². The maximum Gasteiger partial charge on any atom is 0.387 e. The van der Waals surface area contributed by atoms with Crippen molar-refractivity contribution in [3.63, 3.8) is 0 Å². The van der Waals surface area contributed by atoms with Gasteiger partial charge in [0.15, 0.2) is 4.60 Å². The van der Waals surface area contributed by atoms with Gasteiger partial charge in [0, 0.05) is 13.1 Å². The number of alkyl halides is 2. The fraction of sp³-hybridized carbons (Fsp3) is 0.200. The van der Waals surface area contributed by atoms with Gasteiger partial charge in [-0.05, 0) is 28.1 Å². The lowest BCUT2D eigenvalue weighted by Crippen LogP contribution is -2.17. The molecule has 0 amide bonds. The van der Waals surface area contributed by atoms with Gasteiger partial charge in [0.05, 0.1) is 5.69 Å². The van der Waals surface area contributed by atoms with E-state index in [2.05, 4.69) is 35.7 Å². The Morgan fingerprint density at radius 3 is 2.71 bits per heavy atom. The minimum Gasteiger partial charge on any atom is -0.435 e. The van der Waals surface area contributed by atoms with Crippen LogP contribution in [0.5, 0.6) is 5.75 Å². The van der Waals surface area contributed by atoms with Gasteiger partial charge in [-0.3, -0.25) is 4.72 Å². The van der Waals surface area contributed by atoms with Crippen molar-refractivity contribution in [2.45, 2.75) is 11.6 Å². The zero-order chi connectivity index (χ0) is 15.6. The fourth-order valence-corrected chi connectivity index (χ4v) is 3.70. The van der Waals surface area contributed by atoms with E-state index in [1.807, 2.05) is 0 Å². The third-order valence-corrected chi connectivity index (χ3v) is 4.57. The minimum atomic E-state index is -3.98. The molecular formula is C10H9BrF2N4O3S. The molecule has 0 unspecified atom stereocenters. The minimum absolute atomic E-state index is 0.0393. The fourth-order valence-electron chi connectivity index (χ4n) is 1.55. The summed E-state index contributed by atoms with van der Waals surface area (Å²) in [5.74, 6) is -0.160. The average molecular weight is 383 g/mol. The summed E-state index contributed by atoms with van der Waals surface area (Å²) in [6.07, 6.45) is 0. The molecule has 0 spiro atoms. The molecule has 1 aromatic carbocycles. The second-order valence-corrected chi connectivity index (χ2v) is 6.17. The Bertz CT molecular complexity index is 731. The van der Waals surface area contributed by atoms with Crippen molar-refractivity contribution in [1.29, 1.82) is 0 Å². The average Bonchev–Trinajstić information content (AvgIpc) is 2.68. The van der Waals surface area contributed by atoms with Crippen molar-refractivity contribution in [3.05, 3.63) is 28.9 Å². The van der Waals surface area contributed by atoms with Gasteiger partial charge >= 0.3 is 6.61 Å². The molecule has 21 heavy (non-hydrogen) atoms. The monoisotopic (exact) mass is 382 g/mol. The molecular weight excluding hydrogens is 374 g/mol. The van der Waals surface area contributed by atoms with Gasteiger partial charge < -0.3 is 4.74 Å². The van der Waals surface area contributed by atoms with E-state index in [1.54, 1.807) is 0 Å². The standard InChI is InChI=1S/C10H9BrF2N4O3S/c1-17-9(8(11)14-16-17)21(18,19)15-6-3-2-4-7(5-6)20-10(12)13/h2-5,10,15H,1H3. The van der Waals surface area contributed by atoms with Crippen molar-refractivity contribution in [2.24, 2.45) is 7.05 Å². The molecule has 0 bridgehead atoms. The Balaban J connectivity index is 2.29. The second kappa shape index (κ2) is 5.93. The summed E-state index contributed by atoms with van der Waals surface area (Å²) in [4.78, 5) is 0. The summed E-state index contributed by atoms with van der Waals surface area (Å²) in [7, 11) is -2.57. The van der Waals surface area contributed by atoms with Crippen LogP contribution in [0.2, 0.25) is 0 Å². The van der Waals surface area contributed by atoms with Crippen LogP contribution in [0.3, 0.4) is 0 Å².